The van der Waals surface area contributed by atoms with Crippen LogP contribution in [0.3, 0.4) is 0 Å². The summed E-state index contributed by atoms with van der Waals surface area (Å²) < 4.78 is 0. The molecule has 5 heteroatoms. The lowest BCUT2D eigenvalue weighted by atomic mass is 10.1. The van der Waals surface area contributed by atoms with Crippen molar-refractivity contribution in [1.82, 2.24) is 19.9 Å². The lowest BCUT2D eigenvalue weighted by Gasteiger charge is -2.28. The maximum absolute atomic E-state index is 4.82. The predicted octanol–water partition coefficient (Wildman–Crippen LogP) is 2.91. The van der Waals surface area contributed by atoms with E-state index in [-0.39, 0.29) is 0 Å². The minimum absolute atomic E-state index is 0.642. The Hall–Kier alpha value is -2.01. The van der Waals surface area contributed by atoms with Crippen LogP contribution in [0.1, 0.15) is 54.2 Å². The van der Waals surface area contributed by atoms with Crippen molar-refractivity contribution in [3.05, 3.63) is 47.2 Å². The van der Waals surface area contributed by atoms with Gasteiger partial charge in [-0.1, -0.05) is 6.07 Å². The molecule has 3 aliphatic rings. The highest BCUT2D eigenvalue weighted by molar-refractivity contribution is 5.40. The molecule has 0 unspecified atom stereocenters. The van der Waals surface area contributed by atoms with Crippen molar-refractivity contribution in [3.63, 3.8) is 0 Å². The second-order valence-electron chi connectivity index (χ2n) is 7.65. The van der Waals surface area contributed by atoms with Crippen LogP contribution in [0.4, 0.5) is 5.82 Å². The molecular weight excluding hydrogens is 310 g/mol. The first-order valence-electron chi connectivity index (χ1n) is 9.62. The number of fused-ring (bicyclic) bond motifs is 1. The molecule has 0 spiro atoms. The van der Waals surface area contributed by atoms with Crippen LogP contribution in [0.25, 0.3) is 0 Å². The molecular formula is C20H25N5. The molecule has 4 heterocycles. The Kier molecular flexibility index (Phi) is 3.89. The van der Waals surface area contributed by atoms with E-state index in [0.717, 1.165) is 50.8 Å². The van der Waals surface area contributed by atoms with E-state index in [4.69, 9.17) is 4.98 Å². The normalized spacial score (nSPS) is 20.7. The summed E-state index contributed by atoms with van der Waals surface area (Å²) in [5.41, 5.74) is 3.87. The summed E-state index contributed by atoms with van der Waals surface area (Å²) in [6.45, 7) is 5.28. The van der Waals surface area contributed by atoms with Gasteiger partial charge in [-0.2, -0.15) is 0 Å². The summed E-state index contributed by atoms with van der Waals surface area (Å²) >= 11 is 0. The third kappa shape index (κ3) is 3.25. The molecule has 0 radical (unpaired) electrons. The van der Waals surface area contributed by atoms with Crippen molar-refractivity contribution >= 4 is 5.82 Å². The van der Waals surface area contributed by atoms with Crippen LogP contribution in [0.15, 0.2) is 24.5 Å². The maximum Gasteiger partial charge on any atom is 0.131 e. The number of anilines is 1. The summed E-state index contributed by atoms with van der Waals surface area (Å²) in [5, 5.41) is 0. The first-order valence-corrected chi connectivity index (χ1v) is 9.62. The van der Waals surface area contributed by atoms with E-state index >= 15 is 0 Å². The summed E-state index contributed by atoms with van der Waals surface area (Å²) in [5.74, 6) is 2.85. The second-order valence-corrected chi connectivity index (χ2v) is 7.65. The van der Waals surface area contributed by atoms with Gasteiger partial charge in [0.05, 0.1) is 0 Å². The van der Waals surface area contributed by atoms with Crippen LogP contribution < -0.4 is 4.90 Å². The van der Waals surface area contributed by atoms with Crippen molar-refractivity contribution in [3.8, 4) is 0 Å². The van der Waals surface area contributed by atoms with Crippen LogP contribution in [0, 0.1) is 0 Å². The smallest absolute Gasteiger partial charge is 0.131 e. The van der Waals surface area contributed by atoms with E-state index in [0.29, 0.717) is 5.92 Å². The van der Waals surface area contributed by atoms with Crippen molar-refractivity contribution in [1.29, 1.82) is 0 Å². The van der Waals surface area contributed by atoms with Gasteiger partial charge in [0, 0.05) is 68.7 Å². The molecule has 2 aliphatic heterocycles. The minimum Gasteiger partial charge on any atom is -0.357 e. The quantitative estimate of drug-likeness (QED) is 0.860. The Labute approximate surface area is 149 Å². The third-order valence-electron chi connectivity index (χ3n) is 5.62. The predicted molar refractivity (Wildman–Crippen MR) is 97.5 cm³/mol. The first-order chi connectivity index (χ1) is 12.3. The average Bonchev–Trinajstić information content (AvgIpc) is 3.36. The van der Waals surface area contributed by atoms with Gasteiger partial charge in [-0.05, 0) is 37.3 Å². The summed E-state index contributed by atoms with van der Waals surface area (Å²) in [6.07, 6.45) is 10.3. The molecule has 0 bridgehead atoms. The monoisotopic (exact) mass is 335 g/mol. The zero-order valence-electron chi connectivity index (χ0n) is 14.7. The molecule has 130 valence electrons. The standard InChI is InChI=1S/C20H25N5/c1-2-9-25(8-1)19-6-3-15(11-21-19)13-24-10-7-18-17(14-24)12-22-20(23-18)16-4-5-16/h3,6,11-12,16H,1-2,4-5,7-10,13-14H2. The number of rotatable bonds is 4. The van der Waals surface area contributed by atoms with Gasteiger partial charge in [0.1, 0.15) is 11.6 Å². The average molecular weight is 335 g/mol. The Morgan fingerprint density at radius 2 is 1.88 bits per heavy atom. The third-order valence-corrected chi connectivity index (χ3v) is 5.62. The summed E-state index contributed by atoms with van der Waals surface area (Å²) in [4.78, 5) is 19.0. The first kappa shape index (κ1) is 15.3. The molecule has 5 nitrogen and oxygen atoms in total. The van der Waals surface area contributed by atoms with Crippen molar-refractivity contribution in [2.24, 2.45) is 0 Å². The van der Waals surface area contributed by atoms with Gasteiger partial charge < -0.3 is 4.90 Å². The molecule has 0 N–H and O–H groups in total. The maximum atomic E-state index is 4.82. The molecule has 2 fully saturated rings. The molecule has 2 aromatic heterocycles. The lowest BCUT2D eigenvalue weighted by Crippen LogP contribution is -2.31. The highest BCUT2D eigenvalue weighted by Crippen LogP contribution is 2.38. The fourth-order valence-electron chi connectivity index (χ4n) is 3.96. The van der Waals surface area contributed by atoms with E-state index < -0.39 is 0 Å². The largest absolute Gasteiger partial charge is 0.357 e. The summed E-state index contributed by atoms with van der Waals surface area (Å²) in [6, 6.07) is 4.42. The Bertz CT molecular complexity index is 747. The Morgan fingerprint density at radius 1 is 1.00 bits per heavy atom. The van der Waals surface area contributed by atoms with Crippen molar-refractivity contribution in [2.45, 2.75) is 51.1 Å². The Morgan fingerprint density at radius 3 is 2.64 bits per heavy atom. The van der Waals surface area contributed by atoms with Crippen LogP contribution in [-0.2, 0) is 19.5 Å². The second kappa shape index (κ2) is 6.37. The number of aromatic nitrogens is 3. The number of pyridine rings is 1. The molecule has 0 atom stereocenters. The van der Waals surface area contributed by atoms with Crippen LogP contribution in [-0.4, -0.2) is 39.5 Å². The summed E-state index contributed by atoms with van der Waals surface area (Å²) in [7, 11) is 0. The van der Waals surface area contributed by atoms with Crippen LogP contribution >= 0.6 is 0 Å². The highest BCUT2D eigenvalue weighted by atomic mass is 15.2. The zero-order valence-corrected chi connectivity index (χ0v) is 14.7. The van der Waals surface area contributed by atoms with E-state index in [2.05, 4.69) is 44.3 Å². The van der Waals surface area contributed by atoms with E-state index in [1.54, 1.807) is 0 Å². The van der Waals surface area contributed by atoms with Gasteiger partial charge in [-0.25, -0.2) is 15.0 Å². The number of nitrogens with zero attached hydrogens (tertiary/aromatic N) is 5. The SMILES string of the molecule is c1cc(N2CCCC2)ncc1CN1CCc2nc(C3CC3)ncc2C1. The molecule has 25 heavy (non-hydrogen) atoms. The van der Waals surface area contributed by atoms with Gasteiger partial charge in [0.25, 0.3) is 0 Å². The van der Waals surface area contributed by atoms with Gasteiger partial charge >= 0.3 is 0 Å². The topological polar surface area (TPSA) is 45.2 Å². The fourth-order valence-corrected chi connectivity index (χ4v) is 3.96. The van der Waals surface area contributed by atoms with Crippen molar-refractivity contribution in [2.75, 3.05) is 24.5 Å². The molecule has 1 aliphatic carbocycles. The van der Waals surface area contributed by atoms with Gasteiger partial charge in [-0.3, -0.25) is 4.90 Å². The molecule has 0 aromatic carbocycles. The van der Waals surface area contributed by atoms with Crippen molar-refractivity contribution < 1.29 is 0 Å². The van der Waals surface area contributed by atoms with Crippen LogP contribution in [0.5, 0.6) is 0 Å². The van der Waals surface area contributed by atoms with E-state index in [1.165, 1.54) is 42.5 Å². The fraction of sp³-hybridized carbons (Fsp3) is 0.550. The molecule has 1 saturated carbocycles. The van der Waals surface area contributed by atoms with E-state index in [9.17, 15) is 0 Å². The number of hydrogen-bond acceptors (Lipinski definition) is 5. The van der Waals surface area contributed by atoms with Gasteiger partial charge in [0.2, 0.25) is 0 Å². The highest BCUT2D eigenvalue weighted by Gasteiger charge is 2.28. The lowest BCUT2D eigenvalue weighted by molar-refractivity contribution is 0.242. The molecule has 0 amide bonds. The molecule has 5 rings (SSSR count). The van der Waals surface area contributed by atoms with Gasteiger partial charge in [0.15, 0.2) is 0 Å². The minimum atomic E-state index is 0.642. The number of hydrogen-bond donors (Lipinski definition) is 0. The Balaban J connectivity index is 1.24. The molecule has 1 saturated heterocycles. The molecule has 2 aromatic rings. The van der Waals surface area contributed by atoms with Gasteiger partial charge in [-0.15, -0.1) is 0 Å². The van der Waals surface area contributed by atoms with E-state index in [1.807, 2.05) is 0 Å². The van der Waals surface area contributed by atoms with Crippen LogP contribution in [0.2, 0.25) is 0 Å². The zero-order chi connectivity index (χ0) is 16.6.